The van der Waals surface area contributed by atoms with E-state index in [0.29, 0.717) is 35.7 Å². The fourth-order valence-corrected chi connectivity index (χ4v) is 4.01. The van der Waals surface area contributed by atoms with E-state index in [0.717, 1.165) is 12.1 Å². The summed E-state index contributed by atoms with van der Waals surface area (Å²) < 4.78 is 10.9. The van der Waals surface area contributed by atoms with Crippen LogP contribution in [-0.4, -0.2) is 56.1 Å². The summed E-state index contributed by atoms with van der Waals surface area (Å²) in [4.78, 5) is 29.3. The van der Waals surface area contributed by atoms with Crippen molar-refractivity contribution in [2.75, 3.05) is 34.4 Å². The monoisotopic (exact) mass is 407 g/mol. The van der Waals surface area contributed by atoms with Gasteiger partial charge in [-0.2, -0.15) is 0 Å². The number of rotatable bonds is 6. The molecule has 0 radical (unpaired) electrons. The maximum atomic E-state index is 13.4. The normalized spacial score (nSPS) is 18.4. The third-order valence-corrected chi connectivity index (χ3v) is 5.70. The first-order chi connectivity index (χ1) is 14.5. The molecule has 2 heterocycles. The lowest BCUT2D eigenvalue weighted by Crippen LogP contribution is -2.45. The molecule has 156 valence electrons. The molecule has 0 saturated heterocycles. The van der Waals surface area contributed by atoms with Crippen LogP contribution in [-0.2, 0) is 11.2 Å². The van der Waals surface area contributed by atoms with E-state index in [1.165, 1.54) is 10.5 Å². The molecule has 30 heavy (non-hydrogen) atoms. The Morgan fingerprint density at radius 3 is 2.53 bits per heavy atom. The van der Waals surface area contributed by atoms with Crippen LogP contribution in [0.1, 0.15) is 17.2 Å². The van der Waals surface area contributed by atoms with Crippen LogP contribution in [0.25, 0.3) is 0 Å². The fraction of sp³-hybridized carbons (Fsp3) is 0.304. The van der Waals surface area contributed by atoms with Crippen LogP contribution in [0.3, 0.4) is 0 Å². The lowest BCUT2D eigenvalue weighted by molar-refractivity contribution is -0.125. The van der Waals surface area contributed by atoms with Crippen LogP contribution < -0.4 is 14.8 Å². The standard InChI is InChI=1S/C23H25N3O4/c1-25-18-14-26(12-11-15-7-5-4-6-8-15)22(27)20(18)21(24-23(25)28)17-13-16(29-2)9-10-19(17)30-3/h4-10,13,21H,11-12,14H2,1-3H3,(H,24,28)/t21-/m0/s1. The Kier molecular flexibility index (Phi) is 5.35. The summed E-state index contributed by atoms with van der Waals surface area (Å²) in [7, 11) is 4.84. The van der Waals surface area contributed by atoms with E-state index in [9.17, 15) is 9.59 Å². The van der Waals surface area contributed by atoms with Crippen molar-refractivity contribution < 1.29 is 19.1 Å². The van der Waals surface area contributed by atoms with Gasteiger partial charge in [0.15, 0.2) is 0 Å². The molecule has 0 saturated carbocycles. The number of ether oxygens (including phenoxy) is 2. The van der Waals surface area contributed by atoms with Crippen molar-refractivity contribution in [3.8, 4) is 11.5 Å². The van der Waals surface area contributed by atoms with Gasteiger partial charge in [0, 0.05) is 19.2 Å². The number of hydrogen-bond donors (Lipinski definition) is 1. The molecule has 2 aromatic carbocycles. The highest BCUT2D eigenvalue weighted by atomic mass is 16.5. The molecule has 0 unspecified atom stereocenters. The highest BCUT2D eigenvalue weighted by molar-refractivity contribution is 6.01. The highest BCUT2D eigenvalue weighted by Crippen LogP contribution is 2.40. The number of amides is 3. The van der Waals surface area contributed by atoms with Gasteiger partial charge in [0.1, 0.15) is 11.5 Å². The van der Waals surface area contributed by atoms with Gasteiger partial charge < -0.3 is 19.7 Å². The van der Waals surface area contributed by atoms with E-state index in [1.807, 2.05) is 18.2 Å². The molecule has 0 bridgehead atoms. The van der Waals surface area contributed by atoms with Gasteiger partial charge >= 0.3 is 6.03 Å². The summed E-state index contributed by atoms with van der Waals surface area (Å²) >= 11 is 0. The minimum Gasteiger partial charge on any atom is -0.497 e. The maximum absolute atomic E-state index is 13.4. The lowest BCUT2D eigenvalue weighted by Gasteiger charge is -2.31. The second-order valence-corrected chi connectivity index (χ2v) is 7.37. The van der Waals surface area contributed by atoms with Gasteiger partial charge in [-0.3, -0.25) is 9.69 Å². The Bertz CT molecular complexity index is 1000. The second kappa shape index (κ2) is 8.10. The van der Waals surface area contributed by atoms with Gasteiger partial charge in [-0.25, -0.2) is 4.79 Å². The molecule has 1 atom stereocenters. The quantitative estimate of drug-likeness (QED) is 0.799. The molecule has 7 heteroatoms. The van der Waals surface area contributed by atoms with Crippen molar-refractivity contribution >= 4 is 11.9 Å². The smallest absolute Gasteiger partial charge is 0.322 e. The SMILES string of the molecule is COc1ccc(OC)c([C@@H]2NC(=O)N(C)C3=C2C(=O)N(CCc2ccccc2)C3)c1. The number of urea groups is 1. The van der Waals surface area contributed by atoms with Crippen molar-refractivity contribution in [1.29, 1.82) is 0 Å². The fourth-order valence-electron chi connectivity index (χ4n) is 4.01. The molecular formula is C23H25N3O4. The molecule has 0 fully saturated rings. The van der Waals surface area contributed by atoms with Gasteiger partial charge in [-0.15, -0.1) is 0 Å². The van der Waals surface area contributed by atoms with Gasteiger partial charge in [0.2, 0.25) is 0 Å². The van der Waals surface area contributed by atoms with Crippen LogP contribution in [0.2, 0.25) is 0 Å². The number of benzene rings is 2. The van der Waals surface area contributed by atoms with Gasteiger partial charge in [0.05, 0.1) is 38.1 Å². The summed E-state index contributed by atoms with van der Waals surface area (Å²) in [5.41, 5.74) is 3.18. The average molecular weight is 407 g/mol. The Labute approximate surface area is 175 Å². The van der Waals surface area contributed by atoms with E-state index in [4.69, 9.17) is 9.47 Å². The predicted octanol–water partition coefficient (Wildman–Crippen LogP) is 2.74. The van der Waals surface area contributed by atoms with Crippen LogP contribution in [0.4, 0.5) is 4.79 Å². The van der Waals surface area contributed by atoms with Crippen LogP contribution in [0, 0.1) is 0 Å². The zero-order valence-corrected chi connectivity index (χ0v) is 17.3. The summed E-state index contributed by atoms with van der Waals surface area (Å²) in [6.07, 6.45) is 0.755. The van der Waals surface area contributed by atoms with Crippen LogP contribution in [0.15, 0.2) is 59.8 Å². The van der Waals surface area contributed by atoms with Crippen LogP contribution >= 0.6 is 0 Å². The Balaban J connectivity index is 1.66. The summed E-state index contributed by atoms with van der Waals surface area (Å²) in [6, 6.07) is 14.6. The molecule has 0 aliphatic carbocycles. The number of likely N-dealkylation sites (N-methyl/N-ethyl adjacent to an activating group) is 1. The lowest BCUT2D eigenvalue weighted by atomic mass is 9.94. The summed E-state index contributed by atoms with van der Waals surface area (Å²) in [6.45, 7) is 0.994. The van der Waals surface area contributed by atoms with Crippen molar-refractivity contribution in [3.63, 3.8) is 0 Å². The molecule has 7 nitrogen and oxygen atoms in total. The molecule has 3 amide bonds. The zero-order valence-electron chi connectivity index (χ0n) is 17.3. The first-order valence-corrected chi connectivity index (χ1v) is 9.86. The first-order valence-electron chi connectivity index (χ1n) is 9.86. The molecule has 2 aromatic rings. The number of nitrogens with zero attached hydrogens (tertiary/aromatic N) is 2. The van der Waals surface area contributed by atoms with E-state index in [1.54, 1.807) is 44.4 Å². The predicted molar refractivity (Wildman–Crippen MR) is 112 cm³/mol. The third-order valence-electron chi connectivity index (χ3n) is 5.70. The van der Waals surface area contributed by atoms with Crippen LogP contribution in [0.5, 0.6) is 11.5 Å². The largest absolute Gasteiger partial charge is 0.497 e. The van der Waals surface area contributed by atoms with E-state index >= 15 is 0 Å². The second-order valence-electron chi connectivity index (χ2n) is 7.37. The van der Waals surface area contributed by atoms with Crippen molar-refractivity contribution in [3.05, 3.63) is 70.9 Å². The molecule has 0 aromatic heterocycles. The molecule has 2 aliphatic rings. The Hall–Kier alpha value is -3.48. The van der Waals surface area contributed by atoms with E-state index in [2.05, 4.69) is 17.4 Å². The van der Waals surface area contributed by atoms with Crippen molar-refractivity contribution in [2.24, 2.45) is 0 Å². The van der Waals surface area contributed by atoms with Crippen molar-refractivity contribution in [1.82, 2.24) is 15.1 Å². The maximum Gasteiger partial charge on any atom is 0.322 e. The van der Waals surface area contributed by atoms with E-state index < -0.39 is 6.04 Å². The molecule has 1 N–H and O–H groups in total. The summed E-state index contributed by atoms with van der Waals surface area (Å²) in [5, 5.41) is 2.95. The minimum atomic E-state index is -0.594. The third kappa shape index (κ3) is 3.47. The zero-order chi connectivity index (χ0) is 21.3. The topological polar surface area (TPSA) is 71.1 Å². The average Bonchev–Trinajstić information content (AvgIpc) is 3.11. The molecule has 0 spiro atoms. The Morgan fingerprint density at radius 2 is 1.83 bits per heavy atom. The number of nitrogens with one attached hydrogen (secondary N) is 1. The number of carbonyl (C=O) groups excluding carboxylic acids is 2. The molecule has 2 aliphatic heterocycles. The van der Waals surface area contributed by atoms with E-state index in [-0.39, 0.29) is 11.9 Å². The highest BCUT2D eigenvalue weighted by Gasteiger charge is 2.43. The number of methoxy groups -OCH3 is 2. The van der Waals surface area contributed by atoms with Gasteiger partial charge in [-0.05, 0) is 30.2 Å². The summed E-state index contributed by atoms with van der Waals surface area (Å²) in [5.74, 6) is 1.16. The number of hydrogen-bond acceptors (Lipinski definition) is 4. The first kappa shape index (κ1) is 19.8. The molecular weight excluding hydrogens is 382 g/mol. The van der Waals surface area contributed by atoms with Gasteiger partial charge in [-0.1, -0.05) is 30.3 Å². The molecule has 4 rings (SSSR count). The number of carbonyl (C=O) groups is 2. The minimum absolute atomic E-state index is 0.0670. The Morgan fingerprint density at radius 1 is 1.07 bits per heavy atom. The van der Waals surface area contributed by atoms with Crippen molar-refractivity contribution in [2.45, 2.75) is 12.5 Å². The van der Waals surface area contributed by atoms with Gasteiger partial charge in [0.25, 0.3) is 5.91 Å².